The summed E-state index contributed by atoms with van der Waals surface area (Å²) in [4.78, 5) is 47.3. The van der Waals surface area contributed by atoms with Gasteiger partial charge < -0.3 is 4.42 Å². The van der Waals surface area contributed by atoms with Crippen LogP contribution in [0.5, 0.6) is 0 Å². The van der Waals surface area contributed by atoms with Crippen molar-refractivity contribution in [2.24, 2.45) is 0 Å². The monoisotopic (exact) mass is 1850 g/mol. The van der Waals surface area contributed by atoms with Crippen LogP contribution in [-0.4, -0.2) is 49.8 Å². The maximum Gasteiger partial charge on any atom is 0.160 e. The fourth-order valence-corrected chi connectivity index (χ4v) is 18.5. The lowest BCUT2D eigenvalue weighted by atomic mass is 9.97. The van der Waals surface area contributed by atoms with Crippen molar-refractivity contribution in [3.05, 3.63) is 547 Å². The van der Waals surface area contributed by atoms with Crippen molar-refractivity contribution < 1.29 is 4.42 Å². The third kappa shape index (κ3) is 20.2. The summed E-state index contributed by atoms with van der Waals surface area (Å²) in [6.07, 6.45) is 14.6. The lowest BCUT2D eigenvalue weighted by molar-refractivity contribution is 0.670. The Kier molecular flexibility index (Phi) is 25.6. The molecule has 0 fully saturated rings. The first kappa shape index (κ1) is 89.3. The smallest absolute Gasteiger partial charge is 0.160 e. The highest BCUT2D eigenvalue weighted by atomic mass is 16.3. The summed E-state index contributed by atoms with van der Waals surface area (Å²) >= 11 is 0. The summed E-state index contributed by atoms with van der Waals surface area (Å²) in [6, 6.07) is 173. The molecule has 0 saturated carbocycles. The molecule has 25 aromatic rings. The molecule has 0 amide bonds. The number of furan rings is 1. The minimum absolute atomic E-state index is 0.678. The van der Waals surface area contributed by atoms with Crippen molar-refractivity contribution in [1.29, 1.82) is 0 Å². The van der Waals surface area contributed by atoms with Crippen LogP contribution in [0.25, 0.3) is 246 Å². The zero-order valence-corrected chi connectivity index (χ0v) is 78.8. The van der Waals surface area contributed by atoms with Crippen LogP contribution in [0.2, 0.25) is 0 Å². The molecule has 0 saturated heterocycles. The van der Waals surface area contributed by atoms with E-state index in [-0.39, 0.29) is 0 Å². The molecule has 0 unspecified atom stereocenters. The van der Waals surface area contributed by atoms with Gasteiger partial charge in [-0.05, 0) is 190 Å². The SMILES string of the molecule is c1ccc(-c2ccc(-c3cc(-c4ccc(-c5cccc(-c6ccccc6)c5)cc4)nc(-c4ccc(-c5ccncc5)cc4)n3)cc2)cc1.c1ccc(-c2ccc(-c3cc(-c4ccc(-c5cccc(-c6cccnc6)c5)cc4)nc(-c4ccc(-c5ccncc5)cc4)n3)cc2)cc1.c1ccc(-c2ccc(-c3cc(-c4ccc(-c5cccc6c5oc5ccccc56)cc4)nc(-c4ccc(-c5ccncc5)cc4)n3)cc2)cc1. The third-order valence-corrected chi connectivity index (χ3v) is 26.3. The topological polar surface area (TPSA) is 142 Å². The van der Waals surface area contributed by atoms with E-state index in [1.54, 1.807) is 6.20 Å². The van der Waals surface area contributed by atoms with Gasteiger partial charge in [-0.25, -0.2) is 29.9 Å². The molecule has 11 nitrogen and oxygen atoms in total. The van der Waals surface area contributed by atoms with Crippen LogP contribution in [0.3, 0.4) is 0 Å². The first-order valence-electron chi connectivity index (χ1n) is 48.4. The second-order valence-electron chi connectivity index (χ2n) is 35.4. The average Bonchev–Trinajstić information content (AvgIpc) is 1.76. The summed E-state index contributed by atoms with van der Waals surface area (Å²) in [5.74, 6) is 2.05. The summed E-state index contributed by atoms with van der Waals surface area (Å²) in [5.41, 5.74) is 41.4. The predicted octanol–water partition coefficient (Wildman–Crippen LogP) is 34.2. The van der Waals surface area contributed by atoms with Crippen molar-refractivity contribution in [2.75, 3.05) is 0 Å². The highest BCUT2D eigenvalue weighted by Crippen LogP contribution is 2.42. The van der Waals surface area contributed by atoms with Crippen molar-refractivity contribution in [2.45, 2.75) is 0 Å². The first-order chi connectivity index (χ1) is 71.8. The Morgan fingerprint density at radius 1 is 0.131 bits per heavy atom. The first-order valence-corrected chi connectivity index (χ1v) is 48.4. The summed E-state index contributed by atoms with van der Waals surface area (Å²) in [7, 11) is 0. The molecule has 17 aromatic carbocycles. The molecule has 11 heteroatoms. The van der Waals surface area contributed by atoms with Crippen LogP contribution in [0.15, 0.2) is 551 Å². The van der Waals surface area contributed by atoms with E-state index >= 15 is 0 Å². The molecular formula is C134H90N10O. The van der Waals surface area contributed by atoms with Gasteiger partial charge in [0.05, 0.1) is 34.2 Å². The molecule has 0 radical (unpaired) electrons. The normalized spacial score (nSPS) is 11.0. The highest BCUT2D eigenvalue weighted by Gasteiger charge is 2.20. The number of benzene rings is 17. The molecular weight excluding hydrogens is 1770 g/mol. The van der Waals surface area contributed by atoms with Gasteiger partial charge in [0.15, 0.2) is 17.5 Å². The van der Waals surface area contributed by atoms with Crippen LogP contribution in [0.4, 0.5) is 0 Å². The Morgan fingerprint density at radius 3 is 0.655 bits per heavy atom. The fraction of sp³-hybridized carbons (Fsp3) is 0. The number of fused-ring (bicyclic) bond motifs is 3. The van der Waals surface area contributed by atoms with E-state index in [9.17, 15) is 0 Å². The molecule has 0 aliphatic carbocycles. The van der Waals surface area contributed by atoms with Gasteiger partial charge >= 0.3 is 0 Å². The molecule has 0 spiro atoms. The maximum atomic E-state index is 6.33. The molecule has 8 heterocycles. The van der Waals surface area contributed by atoms with E-state index in [4.69, 9.17) is 34.3 Å². The van der Waals surface area contributed by atoms with Crippen LogP contribution < -0.4 is 0 Å². The Bertz CT molecular complexity index is 8130. The Hall–Kier alpha value is -19.6. The highest BCUT2D eigenvalue weighted by molar-refractivity contribution is 6.09. The van der Waals surface area contributed by atoms with Gasteiger partial charge in [0.25, 0.3) is 0 Å². The van der Waals surface area contributed by atoms with E-state index in [0.717, 1.165) is 178 Å². The predicted molar refractivity (Wildman–Crippen MR) is 593 cm³/mol. The molecule has 0 bridgehead atoms. The Labute approximate surface area is 841 Å². The molecule has 0 aliphatic heterocycles. The Morgan fingerprint density at radius 2 is 0.352 bits per heavy atom. The number of aromatic nitrogens is 10. The van der Waals surface area contributed by atoms with Crippen LogP contribution >= 0.6 is 0 Å². The van der Waals surface area contributed by atoms with Crippen LogP contribution in [-0.2, 0) is 0 Å². The largest absolute Gasteiger partial charge is 0.455 e. The third-order valence-electron chi connectivity index (χ3n) is 26.3. The van der Waals surface area contributed by atoms with E-state index in [0.29, 0.717) is 17.5 Å². The molecule has 145 heavy (non-hydrogen) atoms. The molecule has 0 atom stereocenters. The second-order valence-corrected chi connectivity index (χ2v) is 35.4. The summed E-state index contributed by atoms with van der Waals surface area (Å²) < 4.78 is 6.33. The van der Waals surface area contributed by atoms with Crippen molar-refractivity contribution in [3.63, 3.8) is 0 Å². The van der Waals surface area contributed by atoms with Gasteiger partial charge in [-0.3, -0.25) is 19.9 Å². The van der Waals surface area contributed by atoms with Gasteiger partial charge in [0.1, 0.15) is 11.2 Å². The van der Waals surface area contributed by atoms with Crippen LogP contribution in [0, 0.1) is 0 Å². The fourth-order valence-electron chi connectivity index (χ4n) is 18.5. The lowest BCUT2D eigenvalue weighted by Gasteiger charge is -2.11. The molecule has 25 rings (SSSR count). The van der Waals surface area contributed by atoms with Crippen molar-refractivity contribution in [3.8, 4) is 224 Å². The van der Waals surface area contributed by atoms with E-state index in [1.165, 1.54) is 50.1 Å². The van der Waals surface area contributed by atoms with Gasteiger partial charge in [-0.2, -0.15) is 0 Å². The van der Waals surface area contributed by atoms with Gasteiger partial charge in [0, 0.05) is 122 Å². The van der Waals surface area contributed by atoms with Crippen molar-refractivity contribution in [1.82, 2.24) is 49.8 Å². The zero-order valence-electron chi connectivity index (χ0n) is 78.8. The number of rotatable bonds is 20. The number of hydrogen-bond donors (Lipinski definition) is 0. The number of para-hydroxylation sites is 2. The number of nitrogens with zero attached hydrogens (tertiary/aromatic N) is 10. The van der Waals surface area contributed by atoms with E-state index < -0.39 is 0 Å². The van der Waals surface area contributed by atoms with Gasteiger partial charge in [-0.15, -0.1) is 0 Å². The summed E-state index contributed by atoms with van der Waals surface area (Å²) in [6.45, 7) is 0. The van der Waals surface area contributed by atoms with E-state index in [1.807, 2.05) is 122 Å². The quantitative estimate of drug-likeness (QED) is 0.0720. The van der Waals surface area contributed by atoms with Gasteiger partial charge in [-0.1, -0.05) is 419 Å². The zero-order chi connectivity index (χ0) is 96.8. The molecule has 8 aromatic heterocycles. The minimum Gasteiger partial charge on any atom is -0.455 e. The molecule has 682 valence electrons. The second kappa shape index (κ2) is 41.6. The molecule has 0 N–H and O–H groups in total. The standard InChI is InChI=1S/C45H29N3O.C45H31N3.C44H30N4/c1-2-7-30(8-3-1)31-13-19-35(20-14-31)41-29-42(48-45(47-41)37-23-15-32(16-24-37)33-25-27-46-28-26-33)36-21-17-34(18-22-36)38-10-6-11-40-39-9-4-5-12-43(39)49-44(38)40;1-3-8-32(9-4-1)34-14-20-38(21-15-34)43-31-44(48-45(47-43)40-24-18-35(19-25-40)37-26-28-46-29-27-37)39-22-16-36(17-23-39)42-13-7-12-41(30-42)33-10-5-2-6-11-33;1-2-6-31(7-3-1)32-11-17-36(18-12-32)42-29-43(48-44(47-42)38-21-15-33(16-22-38)35-23-26-45-27-24-35)37-19-13-34(14-20-37)39-8-4-9-40(28-39)41-10-5-25-46-30-41/h1-29H;1-31H;1-30H. The van der Waals surface area contributed by atoms with Crippen LogP contribution in [0.1, 0.15) is 0 Å². The van der Waals surface area contributed by atoms with Crippen molar-refractivity contribution >= 4 is 21.9 Å². The summed E-state index contributed by atoms with van der Waals surface area (Å²) in [5, 5.41) is 2.25. The maximum absolute atomic E-state index is 6.33. The number of hydrogen-bond acceptors (Lipinski definition) is 11. The lowest BCUT2D eigenvalue weighted by Crippen LogP contribution is -1.96. The average molecular weight is 1860 g/mol. The molecule has 0 aliphatic rings. The Balaban J connectivity index is 0.000000120. The number of pyridine rings is 4. The van der Waals surface area contributed by atoms with E-state index in [2.05, 4.69) is 439 Å². The minimum atomic E-state index is 0.678. The van der Waals surface area contributed by atoms with Gasteiger partial charge in [0.2, 0.25) is 0 Å².